The fourth-order valence-corrected chi connectivity index (χ4v) is 2.43. The van der Waals surface area contributed by atoms with E-state index in [2.05, 4.69) is 5.32 Å². The summed E-state index contributed by atoms with van der Waals surface area (Å²) in [6, 6.07) is 7.96. The predicted octanol–water partition coefficient (Wildman–Crippen LogP) is 2.97. The quantitative estimate of drug-likeness (QED) is 0.804. The van der Waals surface area contributed by atoms with Gasteiger partial charge in [0.15, 0.2) is 11.5 Å². The van der Waals surface area contributed by atoms with Crippen LogP contribution in [0.5, 0.6) is 11.5 Å². The number of carbonyl (C=O) groups excluding carboxylic acids is 2. The lowest BCUT2D eigenvalue weighted by Crippen LogP contribution is -2.36. The Labute approximate surface area is 155 Å². The molecule has 0 saturated heterocycles. The van der Waals surface area contributed by atoms with Crippen LogP contribution in [0.25, 0.3) is 0 Å². The summed E-state index contributed by atoms with van der Waals surface area (Å²) in [4.78, 5) is 25.3. The molecule has 1 N–H and O–H groups in total. The van der Waals surface area contributed by atoms with Gasteiger partial charge in [-0.3, -0.25) is 9.59 Å². The van der Waals surface area contributed by atoms with E-state index in [1.54, 1.807) is 18.2 Å². The number of rotatable bonds is 7. The van der Waals surface area contributed by atoms with Crippen LogP contribution in [-0.4, -0.2) is 37.5 Å². The van der Waals surface area contributed by atoms with Crippen molar-refractivity contribution in [2.75, 3.05) is 26.1 Å². The minimum Gasteiger partial charge on any atom is -0.493 e. The molecule has 0 aliphatic carbocycles. The van der Waals surface area contributed by atoms with Crippen LogP contribution >= 0.6 is 0 Å². The highest BCUT2D eigenvalue weighted by Crippen LogP contribution is 2.28. The number of hydrogen-bond donors (Lipinski definition) is 1. The van der Waals surface area contributed by atoms with Crippen molar-refractivity contribution in [2.24, 2.45) is 0 Å². The standard InChI is InChI=1S/C19H20F2N2O4/c1-12(24)23(10-13-4-7-17(26-2)18(8-13)27-3)11-19(25)22-16-6-5-14(20)9-15(16)21/h4-9H,10-11H2,1-3H3,(H,22,25). The number of hydrogen-bond acceptors (Lipinski definition) is 4. The maximum atomic E-state index is 13.6. The van der Waals surface area contributed by atoms with Crippen LogP contribution in [-0.2, 0) is 16.1 Å². The largest absolute Gasteiger partial charge is 0.493 e. The van der Waals surface area contributed by atoms with Gasteiger partial charge in [-0.1, -0.05) is 6.07 Å². The molecule has 2 aromatic rings. The van der Waals surface area contributed by atoms with Gasteiger partial charge in [-0.25, -0.2) is 8.78 Å². The molecule has 0 fully saturated rings. The topological polar surface area (TPSA) is 67.9 Å². The molecule has 144 valence electrons. The minimum absolute atomic E-state index is 0.148. The third-order valence-corrected chi connectivity index (χ3v) is 3.81. The Kier molecular flexibility index (Phi) is 6.70. The van der Waals surface area contributed by atoms with Gasteiger partial charge in [-0.2, -0.15) is 0 Å². The first-order chi connectivity index (χ1) is 12.8. The average Bonchev–Trinajstić information content (AvgIpc) is 2.63. The molecule has 0 saturated carbocycles. The highest BCUT2D eigenvalue weighted by molar-refractivity contribution is 5.94. The molecule has 0 aliphatic heterocycles. The number of nitrogens with one attached hydrogen (secondary N) is 1. The summed E-state index contributed by atoms with van der Waals surface area (Å²) in [5, 5.41) is 2.33. The van der Waals surface area contributed by atoms with Crippen molar-refractivity contribution < 1.29 is 27.8 Å². The van der Waals surface area contributed by atoms with E-state index in [1.807, 2.05) is 0 Å². The molecule has 8 heteroatoms. The predicted molar refractivity (Wildman–Crippen MR) is 95.6 cm³/mol. The smallest absolute Gasteiger partial charge is 0.244 e. The van der Waals surface area contributed by atoms with Crippen LogP contribution < -0.4 is 14.8 Å². The SMILES string of the molecule is COc1ccc(CN(CC(=O)Nc2ccc(F)cc2F)C(C)=O)cc1OC. The normalized spacial score (nSPS) is 10.3. The monoisotopic (exact) mass is 378 g/mol. The summed E-state index contributed by atoms with van der Waals surface area (Å²) >= 11 is 0. The highest BCUT2D eigenvalue weighted by Gasteiger charge is 2.17. The number of halogens is 2. The Morgan fingerprint density at radius 2 is 1.74 bits per heavy atom. The summed E-state index contributed by atoms with van der Waals surface area (Å²) in [6.07, 6.45) is 0. The molecule has 0 aromatic heterocycles. The van der Waals surface area contributed by atoms with E-state index in [-0.39, 0.29) is 24.7 Å². The number of benzene rings is 2. The van der Waals surface area contributed by atoms with Gasteiger partial charge in [-0.05, 0) is 29.8 Å². The third kappa shape index (κ3) is 5.40. The Morgan fingerprint density at radius 1 is 1.04 bits per heavy atom. The lowest BCUT2D eigenvalue weighted by atomic mass is 10.2. The zero-order valence-corrected chi connectivity index (χ0v) is 15.2. The number of anilines is 1. The van der Waals surface area contributed by atoms with Crippen molar-refractivity contribution in [2.45, 2.75) is 13.5 Å². The maximum Gasteiger partial charge on any atom is 0.244 e. The molecule has 2 amide bonds. The van der Waals surface area contributed by atoms with Crippen LogP contribution in [0.1, 0.15) is 12.5 Å². The van der Waals surface area contributed by atoms with Crippen molar-refractivity contribution in [3.05, 3.63) is 53.6 Å². The molecule has 2 aromatic carbocycles. The molecular weight excluding hydrogens is 358 g/mol. The summed E-state index contributed by atoms with van der Waals surface area (Å²) in [5.74, 6) is -1.53. The van der Waals surface area contributed by atoms with Gasteiger partial charge in [0.2, 0.25) is 11.8 Å². The van der Waals surface area contributed by atoms with E-state index in [9.17, 15) is 18.4 Å². The van der Waals surface area contributed by atoms with Gasteiger partial charge in [-0.15, -0.1) is 0 Å². The van der Waals surface area contributed by atoms with Gasteiger partial charge in [0.1, 0.15) is 18.2 Å². The molecule has 2 rings (SSSR count). The second kappa shape index (κ2) is 8.98. The lowest BCUT2D eigenvalue weighted by molar-refractivity contribution is -0.133. The van der Waals surface area contributed by atoms with Gasteiger partial charge in [0, 0.05) is 19.5 Å². The summed E-state index contributed by atoms with van der Waals surface area (Å²) < 4.78 is 37.0. The van der Waals surface area contributed by atoms with Crippen LogP contribution in [0, 0.1) is 11.6 Å². The Balaban J connectivity index is 2.09. The second-order valence-corrected chi connectivity index (χ2v) is 5.74. The first-order valence-electron chi connectivity index (χ1n) is 8.05. The van der Waals surface area contributed by atoms with Gasteiger partial charge in [0.05, 0.1) is 19.9 Å². The second-order valence-electron chi connectivity index (χ2n) is 5.74. The van der Waals surface area contributed by atoms with Gasteiger partial charge >= 0.3 is 0 Å². The maximum absolute atomic E-state index is 13.6. The Morgan fingerprint density at radius 3 is 2.33 bits per heavy atom. The van der Waals surface area contributed by atoms with E-state index >= 15 is 0 Å². The summed E-state index contributed by atoms with van der Waals surface area (Å²) in [7, 11) is 3.01. The van der Waals surface area contributed by atoms with Crippen LogP contribution in [0.15, 0.2) is 36.4 Å². The minimum atomic E-state index is -0.891. The molecule has 0 aliphatic rings. The van der Waals surface area contributed by atoms with Crippen molar-refractivity contribution in [3.8, 4) is 11.5 Å². The number of methoxy groups -OCH3 is 2. The van der Waals surface area contributed by atoms with Gasteiger partial charge in [0.25, 0.3) is 0 Å². The Bertz CT molecular complexity index is 842. The lowest BCUT2D eigenvalue weighted by Gasteiger charge is -2.21. The molecule has 0 bridgehead atoms. The number of nitrogens with zero attached hydrogens (tertiary/aromatic N) is 1. The number of amides is 2. The molecule has 0 spiro atoms. The van der Waals surface area contributed by atoms with E-state index < -0.39 is 17.5 Å². The van der Waals surface area contributed by atoms with E-state index in [0.29, 0.717) is 17.6 Å². The van der Waals surface area contributed by atoms with Crippen molar-refractivity contribution in [1.82, 2.24) is 4.90 Å². The van der Waals surface area contributed by atoms with E-state index in [0.717, 1.165) is 17.7 Å². The van der Waals surface area contributed by atoms with Crippen molar-refractivity contribution in [1.29, 1.82) is 0 Å². The fourth-order valence-electron chi connectivity index (χ4n) is 2.43. The third-order valence-electron chi connectivity index (χ3n) is 3.81. The zero-order chi connectivity index (χ0) is 20.0. The zero-order valence-electron chi connectivity index (χ0n) is 15.2. The van der Waals surface area contributed by atoms with Crippen molar-refractivity contribution in [3.63, 3.8) is 0 Å². The van der Waals surface area contributed by atoms with Crippen LogP contribution in [0.2, 0.25) is 0 Å². The van der Waals surface area contributed by atoms with E-state index in [1.165, 1.54) is 26.0 Å². The molecule has 6 nitrogen and oxygen atoms in total. The van der Waals surface area contributed by atoms with Gasteiger partial charge < -0.3 is 19.7 Å². The van der Waals surface area contributed by atoms with E-state index in [4.69, 9.17) is 9.47 Å². The van der Waals surface area contributed by atoms with Crippen LogP contribution in [0.4, 0.5) is 14.5 Å². The average molecular weight is 378 g/mol. The highest BCUT2D eigenvalue weighted by atomic mass is 19.1. The number of ether oxygens (including phenoxy) is 2. The number of carbonyl (C=O) groups is 2. The van der Waals surface area contributed by atoms with Crippen molar-refractivity contribution >= 4 is 17.5 Å². The molecular formula is C19H20F2N2O4. The van der Waals surface area contributed by atoms with Crippen LogP contribution in [0.3, 0.4) is 0 Å². The fraction of sp³-hybridized carbons (Fsp3) is 0.263. The molecule has 0 unspecified atom stereocenters. The molecule has 0 atom stereocenters. The summed E-state index contributed by atoms with van der Waals surface area (Å²) in [5.41, 5.74) is 0.569. The molecule has 27 heavy (non-hydrogen) atoms. The molecule has 0 heterocycles. The first-order valence-corrected chi connectivity index (χ1v) is 8.05. The Hall–Kier alpha value is -3.16. The summed E-state index contributed by atoms with van der Waals surface area (Å²) in [6.45, 7) is 1.18. The molecule has 0 radical (unpaired) electrons. The first kappa shape index (κ1) is 20.2.